The first kappa shape index (κ1) is 22.3. The van der Waals surface area contributed by atoms with Gasteiger partial charge in [0.05, 0.1) is 19.8 Å². The molecule has 1 aromatic heterocycles. The van der Waals surface area contributed by atoms with Crippen LogP contribution in [0.2, 0.25) is 0 Å². The van der Waals surface area contributed by atoms with Gasteiger partial charge >= 0.3 is 5.97 Å². The Labute approximate surface area is 189 Å². The van der Waals surface area contributed by atoms with Crippen LogP contribution in [0.15, 0.2) is 54.6 Å². The lowest BCUT2D eigenvalue weighted by Crippen LogP contribution is -2.53. The molecule has 0 saturated heterocycles. The summed E-state index contributed by atoms with van der Waals surface area (Å²) in [4.78, 5) is 17.5. The summed E-state index contributed by atoms with van der Waals surface area (Å²) < 4.78 is 18.2. The van der Waals surface area contributed by atoms with Gasteiger partial charge in [0.25, 0.3) is 0 Å². The Morgan fingerprint density at radius 3 is 2.66 bits per heavy atom. The molecule has 4 nitrogen and oxygen atoms in total. The molecule has 4 rings (SSSR count). The molecular formula is C27H31FN2O2. The lowest BCUT2D eigenvalue weighted by Gasteiger charge is -2.48. The van der Waals surface area contributed by atoms with Crippen molar-refractivity contribution in [2.24, 2.45) is 5.92 Å². The van der Waals surface area contributed by atoms with Gasteiger partial charge in [-0.25, -0.2) is 4.79 Å². The van der Waals surface area contributed by atoms with Crippen LogP contribution in [0.4, 0.5) is 4.39 Å². The molecule has 32 heavy (non-hydrogen) atoms. The number of fused-ring (bicyclic) bond motifs is 3. The van der Waals surface area contributed by atoms with E-state index in [4.69, 9.17) is 0 Å². The van der Waals surface area contributed by atoms with E-state index in [1.54, 1.807) is 6.08 Å². The summed E-state index contributed by atoms with van der Waals surface area (Å²) in [5.41, 5.74) is 5.61. The van der Waals surface area contributed by atoms with Crippen LogP contribution < -0.4 is 0 Å². The van der Waals surface area contributed by atoms with Crippen molar-refractivity contribution in [3.8, 4) is 0 Å². The van der Waals surface area contributed by atoms with Crippen LogP contribution in [0.5, 0.6) is 0 Å². The monoisotopic (exact) mass is 434 g/mol. The number of nitrogens with one attached hydrogen (secondary N) is 1. The number of nitrogens with zero attached hydrogens (tertiary/aromatic N) is 1. The van der Waals surface area contributed by atoms with E-state index in [1.807, 2.05) is 19.1 Å². The van der Waals surface area contributed by atoms with Crippen molar-refractivity contribution in [3.05, 3.63) is 77.0 Å². The predicted molar refractivity (Wildman–Crippen MR) is 127 cm³/mol. The summed E-state index contributed by atoms with van der Waals surface area (Å²) in [6.07, 6.45) is 4.07. The average Bonchev–Trinajstić information content (AvgIpc) is 3.15. The molecule has 0 bridgehead atoms. The molecule has 1 aliphatic rings. The van der Waals surface area contributed by atoms with Gasteiger partial charge in [-0.1, -0.05) is 49.4 Å². The molecule has 2 heterocycles. The van der Waals surface area contributed by atoms with Crippen LogP contribution in [0.25, 0.3) is 17.0 Å². The summed E-state index contributed by atoms with van der Waals surface area (Å²) in [6.45, 7) is 6.81. The predicted octanol–water partition coefficient (Wildman–Crippen LogP) is 5.69. The highest BCUT2D eigenvalue weighted by Crippen LogP contribution is 2.45. The van der Waals surface area contributed by atoms with E-state index in [1.165, 1.54) is 29.8 Å². The second kappa shape index (κ2) is 8.91. The van der Waals surface area contributed by atoms with E-state index in [0.29, 0.717) is 6.54 Å². The molecule has 168 valence electrons. The van der Waals surface area contributed by atoms with E-state index in [0.717, 1.165) is 23.1 Å². The van der Waals surface area contributed by atoms with Crippen molar-refractivity contribution in [3.63, 3.8) is 0 Å². The van der Waals surface area contributed by atoms with E-state index >= 15 is 0 Å². The van der Waals surface area contributed by atoms with Crippen LogP contribution >= 0.6 is 0 Å². The molecular weight excluding hydrogens is 403 g/mol. The molecule has 1 N–H and O–H groups in total. The minimum absolute atomic E-state index is 0.00575. The Morgan fingerprint density at radius 1 is 1.25 bits per heavy atom. The lowest BCUT2D eigenvalue weighted by atomic mass is 9.80. The van der Waals surface area contributed by atoms with E-state index < -0.39 is 0 Å². The number of para-hydroxylation sites is 1. The van der Waals surface area contributed by atoms with Gasteiger partial charge in [-0.05, 0) is 55.0 Å². The zero-order valence-corrected chi connectivity index (χ0v) is 19.2. The smallest absolute Gasteiger partial charge is 0.330 e. The fraction of sp³-hybridized carbons (Fsp3) is 0.370. The number of halogens is 1. The van der Waals surface area contributed by atoms with Gasteiger partial charge in [-0.15, -0.1) is 0 Å². The summed E-state index contributed by atoms with van der Waals surface area (Å²) in [5.74, 6) is -0.429. The van der Waals surface area contributed by atoms with Crippen LogP contribution in [-0.2, 0) is 16.0 Å². The highest BCUT2D eigenvalue weighted by molar-refractivity contribution is 5.87. The Balaban J connectivity index is 1.80. The molecule has 2 aromatic carbocycles. The van der Waals surface area contributed by atoms with Crippen LogP contribution in [-0.4, -0.2) is 41.7 Å². The lowest BCUT2D eigenvalue weighted by molar-refractivity contribution is -0.134. The summed E-state index contributed by atoms with van der Waals surface area (Å²) in [6, 6.07) is 16.6. The maximum absolute atomic E-state index is 13.5. The number of alkyl halides is 1. The average molecular weight is 435 g/mol. The number of hydrogen-bond donors (Lipinski definition) is 1. The molecule has 1 aliphatic heterocycles. The number of aromatic amines is 1. The number of rotatable bonds is 6. The van der Waals surface area contributed by atoms with E-state index in [2.05, 4.69) is 64.9 Å². The van der Waals surface area contributed by atoms with Gasteiger partial charge in [-0.3, -0.25) is 9.29 Å². The van der Waals surface area contributed by atoms with Crippen molar-refractivity contribution in [2.45, 2.75) is 38.8 Å². The maximum Gasteiger partial charge on any atom is 0.330 e. The maximum atomic E-state index is 13.5. The number of esters is 1. The zero-order chi connectivity index (χ0) is 22.9. The van der Waals surface area contributed by atoms with Crippen LogP contribution in [0, 0.1) is 5.92 Å². The van der Waals surface area contributed by atoms with Crippen molar-refractivity contribution in [1.29, 1.82) is 0 Å². The number of methoxy groups -OCH3 is 1. The van der Waals surface area contributed by atoms with Gasteiger partial charge in [0.2, 0.25) is 0 Å². The zero-order valence-electron chi connectivity index (χ0n) is 19.2. The Kier molecular flexibility index (Phi) is 6.20. The van der Waals surface area contributed by atoms with Gasteiger partial charge in [0.1, 0.15) is 0 Å². The number of carbonyl (C=O) groups excluding carboxylic acids is 1. The number of hydrogen-bond acceptors (Lipinski definition) is 3. The third-order valence-electron chi connectivity index (χ3n) is 6.46. The van der Waals surface area contributed by atoms with Gasteiger partial charge in [0.15, 0.2) is 0 Å². The van der Waals surface area contributed by atoms with Gasteiger partial charge < -0.3 is 9.72 Å². The molecule has 0 spiro atoms. The number of ether oxygens (including phenoxy) is 1. The fourth-order valence-electron chi connectivity index (χ4n) is 4.79. The Morgan fingerprint density at radius 2 is 1.97 bits per heavy atom. The molecule has 0 saturated carbocycles. The standard InChI is InChI=1S/C27H31FN2O2/c1-18(16-28)17-30-26(20-12-9-19(10-13-20)11-14-24(31)32-4)25-22(15-27(30,2)3)21-7-5-6-8-23(21)29-25/h5-14,18,26,29H,15-17H2,1-4H3. The largest absolute Gasteiger partial charge is 0.466 e. The normalized spacial score (nSPS) is 19.2. The Hall–Kier alpha value is -2.92. The van der Waals surface area contributed by atoms with Crippen molar-refractivity contribution >= 4 is 22.9 Å². The molecule has 2 unspecified atom stereocenters. The second-order valence-electron chi connectivity index (χ2n) is 9.39. The molecule has 0 radical (unpaired) electrons. The summed E-state index contributed by atoms with van der Waals surface area (Å²) in [5, 5.41) is 1.26. The minimum Gasteiger partial charge on any atom is -0.466 e. The molecule has 0 amide bonds. The molecule has 2 atom stereocenters. The minimum atomic E-state index is -0.378. The number of aromatic nitrogens is 1. The van der Waals surface area contributed by atoms with Crippen LogP contribution in [0.1, 0.15) is 49.2 Å². The highest BCUT2D eigenvalue weighted by atomic mass is 19.1. The fourth-order valence-corrected chi connectivity index (χ4v) is 4.79. The first-order chi connectivity index (χ1) is 15.3. The van der Waals surface area contributed by atoms with Crippen molar-refractivity contribution in [1.82, 2.24) is 9.88 Å². The number of carbonyl (C=O) groups is 1. The molecule has 5 heteroatoms. The van der Waals surface area contributed by atoms with Crippen molar-refractivity contribution < 1.29 is 13.9 Å². The highest BCUT2D eigenvalue weighted by Gasteiger charge is 2.42. The van der Waals surface area contributed by atoms with E-state index in [9.17, 15) is 9.18 Å². The SMILES string of the molecule is COC(=O)C=Cc1ccc(C2c3[nH]c4ccccc4c3CC(C)(C)N2CC(C)CF)cc1. The third kappa shape index (κ3) is 4.22. The van der Waals surface area contributed by atoms with Gasteiger partial charge in [0, 0.05) is 34.8 Å². The molecule has 0 aliphatic carbocycles. The molecule has 0 fully saturated rings. The first-order valence-electron chi connectivity index (χ1n) is 11.1. The third-order valence-corrected chi connectivity index (χ3v) is 6.46. The topological polar surface area (TPSA) is 45.3 Å². The summed E-state index contributed by atoms with van der Waals surface area (Å²) >= 11 is 0. The number of benzene rings is 2. The molecule has 3 aromatic rings. The van der Waals surface area contributed by atoms with Crippen molar-refractivity contribution in [2.75, 3.05) is 20.3 Å². The first-order valence-corrected chi connectivity index (χ1v) is 11.1. The summed E-state index contributed by atoms with van der Waals surface area (Å²) in [7, 11) is 1.37. The van der Waals surface area contributed by atoms with Crippen LogP contribution in [0.3, 0.4) is 0 Å². The Bertz CT molecular complexity index is 1130. The second-order valence-corrected chi connectivity index (χ2v) is 9.39. The van der Waals surface area contributed by atoms with Gasteiger partial charge in [-0.2, -0.15) is 0 Å². The van der Waals surface area contributed by atoms with E-state index in [-0.39, 0.29) is 30.1 Å². The number of H-pyrrole nitrogens is 1. The quantitative estimate of drug-likeness (QED) is 0.401.